The first kappa shape index (κ1) is 17.7. The quantitative estimate of drug-likeness (QED) is 0.533. The summed E-state index contributed by atoms with van der Waals surface area (Å²) in [6.45, 7) is 0.362. The van der Waals surface area contributed by atoms with E-state index in [9.17, 15) is 12.8 Å². The molecule has 0 spiro atoms. The highest BCUT2D eigenvalue weighted by molar-refractivity contribution is 9.10. The minimum absolute atomic E-state index is 0.0412. The van der Waals surface area contributed by atoms with Crippen molar-refractivity contribution in [1.82, 2.24) is 4.72 Å². The number of nitrogens with one attached hydrogen (secondary N) is 1. The lowest BCUT2D eigenvalue weighted by Crippen LogP contribution is -2.25. The zero-order chi connectivity index (χ0) is 15.2. The van der Waals surface area contributed by atoms with Gasteiger partial charge in [0, 0.05) is 11.0 Å². The van der Waals surface area contributed by atoms with Crippen molar-refractivity contribution in [3.05, 3.63) is 22.4 Å². The van der Waals surface area contributed by atoms with Crippen LogP contribution in [0.25, 0.3) is 0 Å². The van der Waals surface area contributed by atoms with Crippen LogP contribution >= 0.6 is 27.7 Å². The Bertz CT molecular complexity index is 553. The number of thioether (sulfide) groups is 1. The van der Waals surface area contributed by atoms with Crippen molar-refractivity contribution in [3.63, 3.8) is 0 Å². The summed E-state index contributed by atoms with van der Waals surface area (Å²) in [5, 5.41) is 0. The second-order valence-corrected chi connectivity index (χ2v) is 7.83. The molecule has 0 heterocycles. The first-order chi connectivity index (χ1) is 9.38. The highest BCUT2D eigenvalue weighted by Gasteiger charge is 2.19. The highest BCUT2D eigenvalue weighted by atomic mass is 79.9. The molecule has 0 unspecified atom stereocenters. The third kappa shape index (κ3) is 5.23. The highest BCUT2D eigenvalue weighted by Crippen LogP contribution is 2.26. The fraction of sp³-hybridized carbons (Fsp3) is 0.500. The lowest BCUT2D eigenvalue weighted by atomic mass is 10.2. The number of nitrogens with two attached hydrogens (primary N) is 1. The van der Waals surface area contributed by atoms with E-state index in [-0.39, 0.29) is 15.1 Å². The second-order valence-electron chi connectivity index (χ2n) is 4.26. The van der Waals surface area contributed by atoms with Crippen LogP contribution in [0.2, 0.25) is 0 Å². The van der Waals surface area contributed by atoms with Crippen molar-refractivity contribution >= 4 is 43.4 Å². The number of anilines is 1. The van der Waals surface area contributed by atoms with E-state index in [0.29, 0.717) is 6.54 Å². The maximum absolute atomic E-state index is 13.2. The molecule has 4 nitrogen and oxygen atoms in total. The summed E-state index contributed by atoms with van der Waals surface area (Å²) < 4.78 is 40.0. The molecular weight excluding hydrogens is 367 g/mol. The van der Waals surface area contributed by atoms with Crippen LogP contribution in [-0.4, -0.2) is 27.0 Å². The summed E-state index contributed by atoms with van der Waals surface area (Å²) in [6, 6.07) is 2.18. The van der Waals surface area contributed by atoms with Crippen LogP contribution in [0, 0.1) is 5.82 Å². The molecule has 1 rings (SSSR count). The van der Waals surface area contributed by atoms with Crippen LogP contribution < -0.4 is 10.5 Å². The molecular formula is C12H18BrFN2O2S2. The van der Waals surface area contributed by atoms with Crippen LogP contribution in [-0.2, 0) is 10.0 Å². The lowest BCUT2D eigenvalue weighted by molar-refractivity contribution is 0.575. The lowest BCUT2D eigenvalue weighted by Gasteiger charge is -2.09. The summed E-state index contributed by atoms with van der Waals surface area (Å²) in [5.41, 5.74) is 5.22. The fourth-order valence-electron chi connectivity index (χ4n) is 1.58. The van der Waals surface area contributed by atoms with E-state index in [1.165, 1.54) is 0 Å². The smallest absolute Gasteiger partial charge is 0.241 e. The average molecular weight is 385 g/mol. The molecule has 114 valence electrons. The zero-order valence-electron chi connectivity index (χ0n) is 11.2. The van der Waals surface area contributed by atoms with Gasteiger partial charge in [0.05, 0.1) is 10.6 Å². The van der Waals surface area contributed by atoms with Crippen molar-refractivity contribution < 1.29 is 12.8 Å². The molecule has 0 saturated heterocycles. The molecule has 0 radical (unpaired) electrons. The van der Waals surface area contributed by atoms with E-state index < -0.39 is 15.8 Å². The predicted molar refractivity (Wildman–Crippen MR) is 85.9 cm³/mol. The Balaban J connectivity index is 2.63. The molecule has 0 bridgehead atoms. The zero-order valence-corrected chi connectivity index (χ0v) is 14.4. The van der Waals surface area contributed by atoms with Gasteiger partial charge in [-0.25, -0.2) is 17.5 Å². The van der Waals surface area contributed by atoms with Gasteiger partial charge in [0.1, 0.15) is 5.82 Å². The van der Waals surface area contributed by atoms with Gasteiger partial charge in [0.15, 0.2) is 0 Å². The van der Waals surface area contributed by atoms with Gasteiger partial charge in [0.2, 0.25) is 10.0 Å². The van der Waals surface area contributed by atoms with E-state index in [4.69, 9.17) is 5.73 Å². The van der Waals surface area contributed by atoms with Crippen LogP contribution in [0.4, 0.5) is 10.1 Å². The molecule has 0 aliphatic rings. The topological polar surface area (TPSA) is 72.2 Å². The molecule has 8 heteroatoms. The Kier molecular flexibility index (Phi) is 7.28. The van der Waals surface area contributed by atoms with Gasteiger partial charge in [-0.2, -0.15) is 11.8 Å². The molecule has 1 aromatic rings. The van der Waals surface area contributed by atoms with Crippen molar-refractivity contribution in [2.24, 2.45) is 0 Å². The normalized spacial score (nSPS) is 11.8. The van der Waals surface area contributed by atoms with E-state index in [1.807, 2.05) is 6.26 Å². The standard InChI is InChI=1S/C12H18BrFN2O2S2/c1-19-6-4-2-3-5-16-20(17,18)12-8-11(15)10(14)7-9(12)13/h7-8,16H,2-6,15H2,1H3. The number of halogens is 2. The minimum atomic E-state index is -3.67. The monoisotopic (exact) mass is 384 g/mol. The molecule has 0 fully saturated rings. The molecule has 1 aromatic carbocycles. The van der Waals surface area contributed by atoms with E-state index >= 15 is 0 Å². The molecule has 0 aliphatic heterocycles. The summed E-state index contributed by atoms with van der Waals surface area (Å²) >= 11 is 4.82. The largest absolute Gasteiger partial charge is 0.396 e. The van der Waals surface area contributed by atoms with Gasteiger partial charge in [-0.3, -0.25) is 0 Å². The summed E-state index contributed by atoms with van der Waals surface area (Å²) in [4.78, 5) is -0.0412. The summed E-state index contributed by atoms with van der Waals surface area (Å²) in [5.74, 6) is 0.431. The van der Waals surface area contributed by atoms with Crippen molar-refractivity contribution in [3.8, 4) is 0 Å². The Morgan fingerprint density at radius 3 is 2.70 bits per heavy atom. The van der Waals surface area contributed by atoms with Gasteiger partial charge in [-0.05, 0) is 52.9 Å². The molecule has 0 atom stereocenters. The van der Waals surface area contributed by atoms with Gasteiger partial charge >= 0.3 is 0 Å². The third-order valence-electron chi connectivity index (χ3n) is 2.66. The van der Waals surface area contributed by atoms with Gasteiger partial charge in [-0.1, -0.05) is 6.42 Å². The Morgan fingerprint density at radius 1 is 1.35 bits per heavy atom. The minimum Gasteiger partial charge on any atom is -0.396 e. The number of nitrogen functional groups attached to an aromatic ring is 1. The van der Waals surface area contributed by atoms with E-state index in [1.54, 1.807) is 11.8 Å². The first-order valence-corrected chi connectivity index (χ1v) is 9.78. The van der Waals surface area contributed by atoms with Crippen LogP contribution in [0.5, 0.6) is 0 Å². The number of sulfonamides is 1. The van der Waals surface area contributed by atoms with Gasteiger partial charge in [-0.15, -0.1) is 0 Å². The third-order valence-corrected chi connectivity index (χ3v) is 5.77. The summed E-state index contributed by atoms with van der Waals surface area (Å²) in [6.07, 6.45) is 4.85. The van der Waals surface area contributed by atoms with Crippen LogP contribution in [0.1, 0.15) is 19.3 Å². The van der Waals surface area contributed by atoms with Crippen molar-refractivity contribution in [2.75, 3.05) is 24.3 Å². The molecule has 0 amide bonds. The Hall–Kier alpha value is -0.310. The SMILES string of the molecule is CSCCCCCNS(=O)(=O)c1cc(N)c(F)cc1Br. The van der Waals surface area contributed by atoms with Crippen LogP contribution in [0.15, 0.2) is 21.5 Å². The molecule has 20 heavy (non-hydrogen) atoms. The van der Waals surface area contributed by atoms with E-state index in [0.717, 1.165) is 37.1 Å². The molecule has 0 aliphatic carbocycles. The maximum Gasteiger partial charge on any atom is 0.241 e. The van der Waals surface area contributed by atoms with Crippen LogP contribution in [0.3, 0.4) is 0 Å². The number of hydrogen-bond donors (Lipinski definition) is 2. The van der Waals surface area contributed by atoms with E-state index in [2.05, 4.69) is 20.7 Å². The summed E-state index contributed by atoms with van der Waals surface area (Å²) in [7, 11) is -3.67. The number of benzene rings is 1. The fourth-order valence-corrected chi connectivity index (χ4v) is 4.20. The van der Waals surface area contributed by atoms with Crippen molar-refractivity contribution in [2.45, 2.75) is 24.2 Å². The predicted octanol–water partition coefficient (Wildman–Crippen LogP) is 2.98. The average Bonchev–Trinajstić information content (AvgIpc) is 2.37. The Labute approximate surface area is 131 Å². The number of unbranched alkanes of at least 4 members (excludes halogenated alkanes) is 2. The molecule has 3 N–H and O–H groups in total. The first-order valence-electron chi connectivity index (χ1n) is 6.11. The maximum atomic E-state index is 13.2. The molecule has 0 aromatic heterocycles. The number of hydrogen-bond acceptors (Lipinski definition) is 4. The molecule has 0 saturated carbocycles. The second kappa shape index (κ2) is 8.21. The Morgan fingerprint density at radius 2 is 2.05 bits per heavy atom. The van der Waals surface area contributed by atoms with Crippen molar-refractivity contribution in [1.29, 1.82) is 0 Å². The number of rotatable bonds is 8. The van der Waals surface area contributed by atoms with Gasteiger partial charge in [0.25, 0.3) is 0 Å². The van der Waals surface area contributed by atoms with Gasteiger partial charge < -0.3 is 5.73 Å².